The van der Waals surface area contributed by atoms with Gasteiger partial charge in [-0.1, -0.05) is 18.2 Å². The Labute approximate surface area is 150 Å². The predicted octanol–water partition coefficient (Wildman–Crippen LogP) is 0.922. The van der Waals surface area contributed by atoms with Crippen LogP contribution in [0.2, 0.25) is 0 Å². The highest BCUT2D eigenvalue weighted by molar-refractivity contribution is 6.02. The van der Waals surface area contributed by atoms with Gasteiger partial charge in [-0.3, -0.25) is 19.9 Å². The fourth-order valence-electron chi connectivity index (χ4n) is 3.80. The van der Waals surface area contributed by atoms with Crippen molar-refractivity contribution < 1.29 is 0 Å². The molecular weight excluding hydrogens is 328 g/mol. The number of aromatic nitrogens is 3. The molecule has 3 aromatic rings. The van der Waals surface area contributed by atoms with Crippen molar-refractivity contribution in [2.45, 2.75) is 6.42 Å². The first-order valence-electron chi connectivity index (χ1n) is 9.01. The van der Waals surface area contributed by atoms with Gasteiger partial charge in [0.15, 0.2) is 0 Å². The zero-order chi connectivity index (χ0) is 17.5. The quantitative estimate of drug-likeness (QED) is 0.686. The number of nitrogens with one attached hydrogen (secondary N) is 2. The fourth-order valence-corrected chi connectivity index (χ4v) is 3.80. The van der Waals surface area contributed by atoms with Crippen molar-refractivity contribution >= 4 is 16.7 Å². The number of benzene rings is 1. The molecule has 1 saturated heterocycles. The fraction of sp³-hybridized carbons (Fsp3) is 0.316. The smallest absolute Gasteiger partial charge is 0.280 e. The monoisotopic (exact) mass is 348 g/mol. The number of hydrogen-bond acceptors (Lipinski definition) is 5. The summed E-state index contributed by atoms with van der Waals surface area (Å²) in [5, 5.41) is 7.31. The maximum Gasteiger partial charge on any atom is 0.280 e. The molecule has 0 spiro atoms. The second kappa shape index (κ2) is 6.10. The molecule has 0 atom stereocenters. The topological polar surface area (TPSA) is 78.3 Å². The van der Waals surface area contributed by atoms with Crippen LogP contribution >= 0.6 is 0 Å². The summed E-state index contributed by atoms with van der Waals surface area (Å²) in [5.41, 5.74) is 3.65. The van der Waals surface area contributed by atoms with Gasteiger partial charge in [-0.05, 0) is 18.6 Å². The van der Waals surface area contributed by atoms with Gasteiger partial charge in [0.05, 0.1) is 16.6 Å². The van der Waals surface area contributed by atoms with Gasteiger partial charge in [0, 0.05) is 44.5 Å². The van der Waals surface area contributed by atoms with E-state index in [9.17, 15) is 4.79 Å². The Morgan fingerprint density at radius 3 is 2.69 bits per heavy atom. The second-order valence-electron chi connectivity index (χ2n) is 6.65. The number of nitrogens with zero attached hydrogens (tertiary/aromatic N) is 4. The number of aromatic amines is 1. The van der Waals surface area contributed by atoms with Crippen molar-refractivity contribution in [1.82, 2.24) is 25.0 Å². The van der Waals surface area contributed by atoms with Gasteiger partial charge in [-0.25, -0.2) is 4.68 Å². The van der Waals surface area contributed by atoms with Crippen molar-refractivity contribution in [2.75, 3.05) is 32.7 Å². The molecule has 0 aliphatic carbocycles. The first-order chi connectivity index (χ1) is 12.8. The third kappa shape index (κ3) is 2.35. The minimum Gasteiger partial charge on any atom is -0.353 e. The first kappa shape index (κ1) is 15.3. The van der Waals surface area contributed by atoms with Crippen molar-refractivity contribution in [3.63, 3.8) is 0 Å². The third-order valence-electron chi connectivity index (χ3n) is 5.10. The molecule has 0 radical (unpaired) electrons. The minimum atomic E-state index is -0.0623. The minimum absolute atomic E-state index is 0.0623. The van der Waals surface area contributed by atoms with E-state index in [1.807, 2.05) is 30.3 Å². The molecule has 4 heterocycles. The maximum absolute atomic E-state index is 12.8. The lowest BCUT2D eigenvalue weighted by molar-refractivity contribution is 0.355. The molecule has 5 rings (SSSR count). The summed E-state index contributed by atoms with van der Waals surface area (Å²) in [4.78, 5) is 24.5. The predicted molar refractivity (Wildman–Crippen MR) is 101 cm³/mol. The lowest BCUT2D eigenvalue weighted by Crippen LogP contribution is -2.47. The van der Waals surface area contributed by atoms with Crippen LogP contribution < -0.4 is 10.9 Å². The highest BCUT2D eigenvalue weighted by atomic mass is 16.1. The van der Waals surface area contributed by atoms with E-state index >= 15 is 0 Å². The molecular formula is C19H20N6O. The van der Waals surface area contributed by atoms with E-state index in [0.717, 1.165) is 67.4 Å². The largest absolute Gasteiger partial charge is 0.353 e. The van der Waals surface area contributed by atoms with Crippen LogP contribution in [0.4, 0.5) is 0 Å². The highest BCUT2D eigenvalue weighted by Gasteiger charge is 2.25. The van der Waals surface area contributed by atoms with Crippen LogP contribution in [0.15, 0.2) is 46.3 Å². The third-order valence-corrected chi connectivity index (χ3v) is 5.10. The summed E-state index contributed by atoms with van der Waals surface area (Å²) in [6, 6.07) is 9.64. The Morgan fingerprint density at radius 2 is 1.88 bits per heavy atom. The van der Waals surface area contributed by atoms with E-state index in [1.165, 1.54) is 0 Å². The number of aliphatic imine (C=N–C) groups is 1. The van der Waals surface area contributed by atoms with Crippen LogP contribution in [-0.2, 0) is 6.42 Å². The molecule has 1 fully saturated rings. The van der Waals surface area contributed by atoms with E-state index in [1.54, 1.807) is 10.9 Å². The van der Waals surface area contributed by atoms with Gasteiger partial charge in [-0.15, -0.1) is 0 Å². The van der Waals surface area contributed by atoms with Crippen molar-refractivity contribution in [3.8, 4) is 5.69 Å². The number of piperazine rings is 1. The molecule has 7 nitrogen and oxygen atoms in total. The molecule has 0 saturated carbocycles. The number of hydrogen-bond donors (Lipinski definition) is 2. The van der Waals surface area contributed by atoms with Crippen LogP contribution in [0.25, 0.3) is 16.6 Å². The van der Waals surface area contributed by atoms with Crippen LogP contribution in [-0.4, -0.2) is 58.2 Å². The van der Waals surface area contributed by atoms with Crippen LogP contribution in [0.5, 0.6) is 0 Å². The molecule has 132 valence electrons. The van der Waals surface area contributed by atoms with Crippen LogP contribution in [0.1, 0.15) is 11.3 Å². The maximum atomic E-state index is 12.8. The lowest BCUT2D eigenvalue weighted by Gasteiger charge is -2.32. The summed E-state index contributed by atoms with van der Waals surface area (Å²) in [7, 11) is 0. The molecule has 2 aliphatic rings. The standard InChI is InChI=1S/C19H20N6O/c26-19-15-12-22-17-14(6-7-21-18(17)24-10-8-20-9-11-24)16(15)23-25(19)13-4-2-1-3-5-13/h1-5,12,20,23H,6-11H2. The summed E-state index contributed by atoms with van der Waals surface area (Å²) in [6.07, 6.45) is 2.49. The zero-order valence-corrected chi connectivity index (χ0v) is 14.4. The number of H-pyrrole nitrogens is 1. The van der Waals surface area contributed by atoms with E-state index in [4.69, 9.17) is 4.99 Å². The Kier molecular flexibility index (Phi) is 3.60. The molecule has 0 amide bonds. The van der Waals surface area contributed by atoms with E-state index in [-0.39, 0.29) is 5.56 Å². The second-order valence-corrected chi connectivity index (χ2v) is 6.65. The van der Waals surface area contributed by atoms with Gasteiger partial charge in [0.1, 0.15) is 11.5 Å². The molecule has 1 aromatic carbocycles. The van der Waals surface area contributed by atoms with Crippen LogP contribution in [0.3, 0.4) is 0 Å². The Balaban J connectivity index is 1.66. The zero-order valence-electron chi connectivity index (χ0n) is 14.4. The van der Waals surface area contributed by atoms with E-state index in [0.29, 0.717) is 5.39 Å². The highest BCUT2D eigenvalue weighted by Crippen LogP contribution is 2.23. The van der Waals surface area contributed by atoms with E-state index < -0.39 is 0 Å². The molecule has 2 aliphatic heterocycles. The summed E-state index contributed by atoms with van der Waals surface area (Å²) < 4.78 is 1.60. The summed E-state index contributed by atoms with van der Waals surface area (Å²) in [5.74, 6) is 0.961. The molecule has 0 unspecified atom stereocenters. The van der Waals surface area contributed by atoms with Gasteiger partial charge < -0.3 is 10.2 Å². The van der Waals surface area contributed by atoms with Gasteiger partial charge in [0.2, 0.25) is 0 Å². The average molecular weight is 348 g/mol. The first-order valence-corrected chi connectivity index (χ1v) is 9.01. The van der Waals surface area contributed by atoms with Crippen molar-refractivity contribution in [3.05, 3.63) is 58.1 Å². The number of fused-ring (bicyclic) bond motifs is 3. The van der Waals surface area contributed by atoms with Gasteiger partial charge >= 0.3 is 0 Å². The van der Waals surface area contributed by atoms with Crippen LogP contribution in [0, 0.1) is 0 Å². The van der Waals surface area contributed by atoms with Gasteiger partial charge in [-0.2, -0.15) is 0 Å². The molecule has 2 N–H and O–H groups in total. The average Bonchev–Trinajstić information content (AvgIpc) is 3.06. The molecule has 7 heteroatoms. The molecule has 2 aromatic heterocycles. The van der Waals surface area contributed by atoms with E-state index in [2.05, 4.69) is 20.3 Å². The summed E-state index contributed by atoms with van der Waals surface area (Å²) >= 11 is 0. The van der Waals surface area contributed by atoms with Gasteiger partial charge in [0.25, 0.3) is 5.56 Å². The number of rotatable bonds is 1. The van der Waals surface area contributed by atoms with Crippen molar-refractivity contribution in [1.29, 1.82) is 0 Å². The number of para-hydroxylation sites is 1. The molecule has 26 heavy (non-hydrogen) atoms. The normalized spacial score (nSPS) is 17.2. The number of pyridine rings is 1. The summed E-state index contributed by atoms with van der Waals surface area (Å²) in [6.45, 7) is 4.50. The Bertz CT molecular complexity index is 1040. The lowest BCUT2D eigenvalue weighted by atomic mass is 10.0. The SMILES string of the molecule is O=c1c2cnc3c(c2[nH]n1-c1ccccc1)CCN=C3N1CCNCC1. The van der Waals surface area contributed by atoms with Crippen molar-refractivity contribution in [2.24, 2.45) is 4.99 Å². The Morgan fingerprint density at radius 1 is 1.08 bits per heavy atom. The molecule has 0 bridgehead atoms. The number of amidine groups is 1. The Hall–Kier alpha value is -2.93.